The average molecular weight is 334 g/mol. The van der Waals surface area contributed by atoms with Crippen LogP contribution >= 0.6 is 0 Å². The zero-order chi connectivity index (χ0) is 17.5. The van der Waals surface area contributed by atoms with Crippen LogP contribution in [0.4, 0.5) is 0 Å². The summed E-state index contributed by atoms with van der Waals surface area (Å²) in [7, 11) is 0. The summed E-state index contributed by atoms with van der Waals surface area (Å²) in [6.45, 7) is 1.54. The van der Waals surface area contributed by atoms with E-state index in [0.717, 1.165) is 19.3 Å². The van der Waals surface area contributed by atoms with Crippen molar-refractivity contribution < 1.29 is 28.9 Å². The molecule has 2 rings (SSSR count). The Labute approximate surface area is 137 Å². The van der Waals surface area contributed by atoms with Crippen molar-refractivity contribution in [3.05, 3.63) is 41.0 Å². The van der Waals surface area contributed by atoms with E-state index in [9.17, 15) is 14.7 Å². The SMILES string of the molecule is CCCCC=COc1c(O)c2ccc(OCC(=O)O)cc2oc1=O. The third-order valence-corrected chi connectivity index (χ3v) is 3.18. The molecule has 7 nitrogen and oxygen atoms in total. The molecule has 0 radical (unpaired) electrons. The van der Waals surface area contributed by atoms with Crippen LogP contribution in [0.15, 0.2) is 39.7 Å². The minimum Gasteiger partial charge on any atom is -0.504 e. The van der Waals surface area contributed by atoms with E-state index in [1.54, 1.807) is 6.08 Å². The van der Waals surface area contributed by atoms with Crippen molar-refractivity contribution in [2.75, 3.05) is 6.61 Å². The van der Waals surface area contributed by atoms with Crippen LogP contribution in [0, 0.1) is 0 Å². The van der Waals surface area contributed by atoms with E-state index in [1.165, 1.54) is 24.5 Å². The number of unbranched alkanes of at least 4 members (excludes halogenated alkanes) is 2. The molecule has 0 saturated carbocycles. The maximum atomic E-state index is 11.9. The fourth-order valence-corrected chi connectivity index (χ4v) is 1.99. The number of fused-ring (bicyclic) bond motifs is 1. The summed E-state index contributed by atoms with van der Waals surface area (Å²) in [4.78, 5) is 22.4. The monoisotopic (exact) mass is 334 g/mol. The molecule has 0 bridgehead atoms. The Bertz CT molecular complexity index is 804. The molecule has 1 aromatic carbocycles. The number of benzene rings is 1. The largest absolute Gasteiger partial charge is 0.504 e. The van der Waals surface area contributed by atoms with E-state index in [-0.39, 0.29) is 28.2 Å². The molecule has 7 heteroatoms. The van der Waals surface area contributed by atoms with Crippen LogP contribution in [-0.4, -0.2) is 22.8 Å². The highest BCUT2D eigenvalue weighted by molar-refractivity contribution is 5.86. The van der Waals surface area contributed by atoms with Crippen LogP contribution in [0.3, 0.4) is 0 Å². The molecule has 1 heterocycles. The van der Waals surface area contributed by atoms with Crippen molar-refractivity contribution in [3.63, 3.8) is 0 Å². The summed E-state index contributed by atoms with van der Waals surface area (Å²) in [5.74, 6) is -1.56. The van der Waals surface area contributed by atoms with E-state index >= 15 is 0 Å². The lowest BCUT2D eigenvalue weighted by Gasteiger charge is -2.07. The van der Waals surface area contributed by atoms with Gasteiger partial charge in [0.2, 0.25) is 0 Å². The molecule has 0 spiro atoms. The van der Waals surface area contributed by atoms with E-state index in [0.29, 0.717) is 0 Å². The first kappa shape index (κ1) is 17.4. The van der Waals surface area contributed by atoms with Crippen LogP contribution in [0.1, 0.15) is 26.2 Å². The van der Waals surface area contributed by atoms with Gasteiger partial charge in [-0.1, -0.05) is 13.3 Å². The second kappa shape index (κ2) is 8.05. The molecule has 0 aliphatic rings. The van der Waals surface area contributed by atoms with Gasteiger partial charge in [-0.15, -0.1) is 0 Å². The molecule has 0 saturated heterocycles. The third kappa shape index (κ3) is 4.28. The fourth-order valence-electron chi connectivity index (χ4n) is 1.99. The van der Waals surface area contributed by atoms with Crippen molar-refractivity contribution in [2.45, 2.75) is 26.2 Å². The van der Waals surface area contributed by atoms with Crippen molar-refractivity contribution in [3.8, 4) is 17.2 Å². The molecule has 0 fully saturated rings. The lowest BCUT2D eigenvalue weighted by Crippen LogP contribution is -2.09. The summed E-state index contributed by atoms with van der Waals surface area (Å²) in [6, 6.07) is 4.25. The van der Waals surface area contributed by atoms with Gasteiger partial charge in [0.15, 0.2) is 12.4 Å². The summed E-state index contributed by atoms with van der Waals surface area (Å²) < 4.78 is 15.3. The number of carbonyl (C=O) groups is 1. The number of rotatable bonds is 8. The van der Waals surface area contributed by atoms with E-state index in [1.807, 2.05) is 0 Å². The standard InChI is InChI=1S/C17H18O7/c1-2-3-4-5-8-22-16-15(20)12-7-6-11(23-10-14(18)19)9-13(12)24-17(16)21/h5-9,20H,2-4,10H2,1H3,(H,18,19). The Balaban J connectivity index is 2.26. The highest BCUT2D eigenvalue weighted by atomic mass is 16.5. The number of ether oxygens (including phenoxy) is 2. The Morgan fingerprint density at radius 1 is 1.38 bits per heavy atom. The molecule has 0 aliphatic carbocycles. The predicted octanol–water partition coefficient (Wildman–Crippen LogP) is 3.04. The molecular formula is C17H18O7. The summed E-state index contributed by atoms with van der Waals surface area (Å²) in [5, 5.41) is 19.0. The topological polar surface area (TPSA) is 106 Å². The first-order valence-corrected chi connectivity index (χ1v) is 7.49. The second-order valence-electron chi connectivity index (χ2n) is 5.04. The van der Waals surface area contributed by atoms with Crippen molar-refractivity contribution in [1.82, 2.24) is 0 Å². The first-order valence-electron chi connectivity index (χ1n) is 7.49. The van der Waals surface area contributed by atoms with Gasteiger partial charge in [0.25, 0.3) is 5.75 Å². The molecule has 0 atom stereocenters. The van der Waals surface area contributed by atoms with Crippen molar-refractivity contribution >= 4 is 16.9 Å². The second-order valence-corrected chi connectivity index (χ2v) is 5.04. The smallest absolute Gasteiger partial charge is 0.383 e. The molecule has 24 heavy (non-hydrogen) atoms. The number of allylic oxidation sites excluding steroid dienone is 1. The van der Waals surface area contributed by atoms with Crippen LogP contribution in [0.5, 0.6) is 17.2 Å². The lowest BCUT2D eigenvalue weighted by molar-refractivity contribution is -0.139. The minimum absolute atomic E-state index is 0.0719. The molecule has 128 valence electrons. The maximum absolute atomic E-state index is 11.9. The van der Waals surface area contributed by atoms with Crippen LogP contribution in [-0.2, 0) is 4.79 Å². The van der Waals surface area contributed by atoms with Gasteiger partial charge >= 0.3 is 11.6 Å². The van der Waals surface area contributed by atoms with Crippen LogP contribution in [0.2, 0.25) is 0 Å². The van der Waals surface area contributed by atoms with Gasteiger partial charge in [0, 0.05) is 6.07 Å². The number of aromatic hydroxyl groups is 1. The molecule has 0 aliphatic heterocycles. The minimum atomic E-state index is -1.13. The molecule has 2 N–H and O–H groups in total. The van der Waals surface area contributed by atoms with E-state index in [2.05, 4.69) is 6.92 Å². The van der Waals surface area contributed by atoms with Gasteiger partial charge in [0.1, 0.15) is 11.3 Å². The highest BCUT2D eigenvalue weighted by Gasteiger charge is 2.15. The summed E-state index contributed by atoms with van der Waals surface area (Å²) >= 11 is 0. The molecule has 1 aromatic heterocycles. The molecule has 2 aromatic rings. The zero-order valence-electron chi connectivity index (χ0n) is 13.2. The van der Waals surface area contributed by atoms with Gasteiger partial charge in [0.05, 0.1) is 11.6 Å². The number of hydrogen-bond acceptors (Lipinski definition) is 6. The number of carboxylic acids is 1. The van der Waals surface area contributed by atoms with E-state index < -0.39 is 18.2 Å². The Morgan fingerprint density at radius 2 is 2.17 bits per heavy atom. The maximum Gasteiger partial charge on any atom is 0.383 e. The van der Waals surface area contributed by atoms with Gasteiger partial charge in [-0.05, 0) is 31.1 Å². The normalized spacial score (nSPS) is 11.0. The van der Waals surface area contributed by atoms with Crippen molar-refractivity contribution in [2.24, 2.45) is 0 Å². The molecular weight excluding hydrogens is 316 g/mol. The highest BCUT2D eigenvalue weighted by Crippen LogP contribution is 2.33. The van der Waals surface area contributed by atoms with Crippen LogP contribution in [0.25, 0.3) is 11.0 Å². The average Bonchev–Trinajstić information content (AvgIpc) is 2.55. The van der Waals surface area contributed by atoms with Gasteiger partial charge in [-0.3, -0.25) is 0 Å². The quantitative estimate of drug-likeness (QED) is 0.434. The molecule has 0 amide bonds. The lowest BCUT2D eigenvalue weighted by atomic mass is 10.2. The summed E-state index contributed by atoms with van der Waals surface area (Å²) in [6.07, 6.45) is 5.95. The zero-order valence-corrected chi connectivity index (χ0v) is 13.2. The van der Waals surface area contributed by atoms with Crippen molar-refractivity contribution in [1.29, 1.82) is 0 Å². The van der Waals surface area contributed by atoms with Crippen LogP contribution < -0.4 is 15.1 Å². The predicted molar refractivity (Wildman–Crippen MR) is 86.6 cm³/mol. The number of carboxylic acid groups (broad SMARTS) is 1. The fraction of sp³-hybridized carbons (Fsp3) is 0.294. The third-order valence-electron chi connectivity index (χ3n) is 3.18. The Hall–Kier alpha value is -2.96. The van der Waals surface area contributed by atoms with E-state index in [4.69, 9.17) is 19.0 Å². The van der Waals surface area contributed by atoms with Gasteiger partial charge in [-0.2, -0.15) is 0 Å². The number of hydrogen-bond donors (Lipinski definition) is 2. The first-order chi connectivity index (χ1) is 11.5. The molecule has 0 unspecified atom stereocenters. The van der Waals surface area contributed by atoms with Gasteiger partial charge < -0.3 is 24.1 Å². The Morgan fingerprint density at radius 3 is 2.88 bits per heavy atom. The Kier molecular flexibility index (Phi) is 5.83. The van der Waals surface area contributed by atoms with Gasteiger partial charge in [-0.25, -0.2) is 9.59 Å². The number of aliphatic carboxylic acids is 1. The summed E-state index contributed by atoms with van der Waals surface area (Å²) in [5.41, 5.74) is -0.766.